The lowest BCUT2D eigenvalue weighted by molar-refractivity contribution is -0.147. The molecule has 27 heavy (non-hydrogen) atoms. The predicted octanol–water partition coefficient (Wildman–Crippen LogP) is 1.43. The van der Waals surface area contributed by atoms with Gasteiger partial charge in [0.15, 0.2) is 0 Å². The monoisotopic (exact) mass is 376 g/mol. The zero-order chi connectivity index (χ0) is 19.6. The third kappa shape index (κ3) is 4.31. The maximum atomic E-state index is 13.3. The molecule has 1 aromatic rings. The lowest BCUT2D eigenvalue weighted by atomic mass is 9.83. The average molecular weight is 376 g/mol. The molecule has 3 rings (SSSR count). The summed E-state index contributed by atoms with van der Waals surface area (Å²) < 4.78 is 1.69. The van der Waals surface area contributed by atoms with E-state index in [9.17, 15) is 14.4 Å². The molecule has 3 unspecified atom stereocenters. The zero-order valence-corrected chi connectivity index (χ0v) is 16.0. The molecule has 1 N–H and O–H groups in total. The summed E-state index contributed by atoms with van der Waals surface area (Å²) in [5, 5.41) is 13.1. The summed E-state index contributed by atoms with van der Waals surface area (Å²) in [6.07, 6.45) is 7.12. The number of aryl methyl sites for hydroxylation is 1. The Bertz CT molecular complexity index is 716. The molecule has 3 heterocycles. The van der Waals surface area contributed by atoms with Gasteiger partial charge in [-0.1, -0.05) is 0 Å². The molecule has 0 saturated carbocycles. The number of carbonyl (C=O) groups is 3. The topological polar surface area (TPSA) is 95.7 Å². The molecule has 148 valence electrons. The van der Waals surface area contributed by atoms with Crippen LogP contribution in [0.2, 0.25) is 0 Å². The average Bonchev–Trinajstić information content (AvgIpc) is 3.07. The quantitative estimate of drug-likeness (QED) is 0.839. The summed E-state index contributed by atoms with van der Waals surface area (Å²) in [5.41, 5.74) is 0.880. The highest BCUT2D eigenvalue weighted by atomic mass is 16.4. The number of piperidine rings is 2. The number of carboxylic acids is 1. The zero-order valence-electron chi connectivity index (χ0n) is 16.0. The van der Waals surface area contributed by atoms with Gasteiger partial charge in [0.25, 0.3) is 0 Å². The first kappa shape index (κ1) is 19.4. The van der Waals surface area contributed by atoms with Gasteiger partial charge in [0.1, 0.15) is 0 Å². The summed E-state index contributed by atoms with van der Waals surface area (Å²) in [5.74, 6) is -0.717. The Morgan fingerprint density at radius 1 is 1.30 bits per heavy atom. The second-order valence-corrected chi connectivity index (χ2v) is 7.77. The Morgan fingerprint density at radius 3 is 2.74 bits per heavy atom. The van der Waals surface area contributed by atoms with Crippen molar-refractivity contribution in [3.63, 3.8) is 0 Å². The first-order valence-corrected chi connectivity index (χ1v) is 9.61. The summed E-state index contributed by atoms with van der Waals surface area (Å²) in [6, 6.07) is -0.299. The van der Waals surface area contributed by atoms with Crippen LogP contribution in [0, 0.1) is 11.8 Å². The van der Waals surface area contributed by atoms with Crippen molar-refractivity contribution in [2.75, 3.05) is 20.1 Å². The van der Waals surface area contributed by atoms with Crippen LogP contribution >= 0.6 is 0 Å². The second kappa shape index (κ2) is 8.10. The number of nitrogens with zero attached hydrogens (tertiary/aromatic N) is 4. The molecule has 1 aromatic heterocycles. The minimum Gasteiger partial charge on any atom is -0.481 e. The van der Waals surface area contributed by atoms with E-state index in [0.717, 1.165) is 18.4 Å². The van der Waals surface area contributed by atoms with Crippen molar-refractivity contribution < 1.29 is 19.5 Å². The highest BCUT2D eigenvalue weighted by Crippen LogP contribution is 2.37. The third-order valence-electron chi connectivity index (χ3n) is 5.84. The predicted molar refractivity (Wildman–Crippen MR) is 97.6 cm³/mol. The van der Waals surface area contributed by atoms with Crippen LogP contribution in [-0.4, -0.2) is 62.6 Å². The van der Waals surface area contributed by atoms with Gasteiger partial charge in [0.2, 0.25) is 11.8 Å². The Labute approximate surface area is 159 Å². The smallest absolute Gasteiger partial charge is 0.303 e. The van der Waals surface area contributed by atoms with Gasteiger partial charge in [0, 0.05) is 51.8 Å². The summed E-state index contributed by atoms with van der Waals surface area (Å²) in [4.78, 5) is 40.0. The van der Waals surface area contributed by atoms with Gasteiger partial charge >= 0.3 is 5.97 Å². The van der Waals surface area contributed by atoms with Crippen LogP contribution in [-0.2, 0) is 21.4 Å². The number of hydrogen-bond donors (Lipinski definition) is 1. The van der Waals surface area contributed by atoms with Crippen molar-refractivity contribution in [2.24, 2.45) is 18.9 Å². The first-order valence-electron chi connectivity index (χ1n) is 9.61. The molecule has 2 aliphatic heterocycles. The van der Waals surface area contributed by atoms with E-state index >= 15 is 0 Å². The molecule has 2 saturated heterocycles. The Balaban J connectivity index is 1.74. The van der Waals surface area contributed by atoms with Gasteiger partial charge in [0.05, 0.1) is 18.2 Å². The molecular formula is C19H28N4O4. The normalized spacial score (nSPS) is 26.3. The minimum atomic E-state index is -0.789. The van der Waals surface area contributed by atoms with Crippen LogP contribution in [0.1, 0.15) is 50.1 Å². The number of amides is 2. The number of carboxylic acid groups (broad SMARTS) is 1. The Hall–Kier alpha value is -2.38. The third-order valence-corrected chi connectivity index (χ3v) is 5.84. The van der Waals surface area contributed by atoms with E-state index in [0.29, 0.717) is 32.4 Å². The van der Waals surface area contributed by atoms with Gasteiger partial charge in [-0.3, -0.25) is 19.1 Å². The maximum Gasteiger partial charge on any atom is 0.303 e. The molecule has 0 radical (unpaired) electrons. The van der Waals surface area contributed by atoms with E-state index in [1.165, 1.54) is 0 Å². The molecule has 0 bridgehead atoms. The Kier molecular flexibility index (Phi) is 5.82. The standard InChI is InChI=1S/C19H28N4O4/c1-21-12-14(10-20-21)18-15(6-7-16(24)22(18)2)19(27)23-9-3-4-13(11-23)5-8-17(25)26/h10,12-13,15,18H,3-9,11H2,1-2H3,(H,25,26). The molecule has 0 aliphatic carbocycles. The summed E-state index contributed by atoms with van der Waals surface area (Å²) >= 11 is 0. The first-order chi connectivity index (χ1) is 12.9. The van der Waals surface area contributed by atoms with Crippen molar-refractivity contribution in [1.29, 1.82) is 0 Å². The van der Waals surface area contributed by atoms with Gasteiger partial charge in [-0.05, 0) is 31.6 Å². The SMILES string of the molecule is CN1C(=O)CCC(C(=O)N2CCCC(CCC(=O)O)C2)C1c1cnn(C)c1. The summed E-state index contributed by atoms with van der Waals surface area (Å²) in [6.45, 7) is 1.32. The largest absolute Gasteiger partial charge is 0.481 e. The van der Waals surface area contributed by atoms with Gasteiger partial charge in [-0.2, -0.15) is 5.10 Å². The van der Waals surface area contributed by atoms with Crippen molar-refractivity contribution in [3.05, 3.63) is 18.0 Å². The van der Waals surface area contributed by atoms with Crippen molar-refractivity contribution in [1.82, 2.24) is 19.6 Å². The van der Waals surface area contributed by atoms with Crippen LogP contribution in [0.25, 0.3) is 0 Å². The second-order valence-electron chi connectivity index (χ2n) is 7.77. The molecule has 0 aromatic carbocycles. The lowest BCUT2D eigenvalue weighted by Crippen LogP contribution is -2.49. The van der Waals surface area contributed by atoms with Crippen molar-refractivity contribution in [3.8, 4) is 0 Å². The number of aliphatic carboxylic acids is 1. The van der Waals surface area contributed by atoms with Crippen molar-refractivity contribution >= 4 is 17.8 Å². The van der Waals surface area contributed by atoms with Crippen LogP contribution in [0.5, 0.6) is 0 Å². The van der Waals surface area contributed by atoms with E-state index in [2.05, 4.69) is 5.10 Å². The molecule has 2 aliphatic rings. The number of carbonyl (C=O) groups excluding carboxylic acids is 2. The molecule has 8 nitrogen and oxygen atoms in total. The fourth-order valence-corrected chi connectivity index (χ4v) is 4.41. The fraction of sp³-hybridized carbons (Fsp3) is 0.684. The fourth-order valence-electron chi connectivity index (χ4n) is 4.41. The number of rotatable bonds is 5. The molecule has 3 atom stereocenters. The van der Waals surface area contributed by atoms with Crippen LogP contribution in [0.4, 0.5) is 0 Å². The summed E-state index contributed by atoms with van der Waals surface area (Å²) in [7, 11) is 3.58. The number of hydrogen-bond acceptors (Lipinski definition) is 4. The molecular weight excluding hydrogens is 348 g/mol. The molecule has 8 heteroatoms. The number of aromatic nitrogens is 2. The van der Waals surface area contributed by atoms with E-state index in [1.807, 2.05) is 18.1 Å². The maximum absolute atomic E-state index is 13.3. The lowest BCUT2D eigenvalue weighted by Gasteiger charge is -2.41. The van der Waals surface area contributed by atoms with Gasteiger partial charge < -0.3 is 14.9 Å². The minimum absolute atomic E-state index is 0.0471. The molecule has 2 amide bonds. The van der Waals surface area contributed by atoms with Crippen LogP contribution < -0.4 is 0 Å². The highest BCUT2D eigenvalue weighted by molar-refractivity contribution is 5.85. The van der Waals surface area contributed by atoms with E-state index < -0.39 is 5.97 Å². The number of likely N-dealkylation sites (tertiary alicyclic amines) is 2. The molecule has 0 spiro atoms. The molecule has 2 fully saturated rings. The van der Waals surface area contributed by atoms with Crippen molar-refractivity contribution in [2.45, 2.75) is 44.6 Å². The van der Waals surface area contributed by atoms with Gasteiger partial charge in [-0.25, -0.2) is 0 Å². The van der Waals surface area contributed by atoms with Crippen LogP contribution in [0.3, 0.4) is 0 Å². The van der Waals surface area contributed by atoms with E-state index in [1.54, 1.807) is 22.8 Å². The highest BCUT2D eigenvalue weighted by Gasteiger charge is 2.41. The van der Waals surface area contributed by atoms with Crippen LogP contribution in [0.15, 0.2) is 12.4 Å². The van der Waals surface area contributed by atoms with E-state index in [4.69, 9.17) is 5.11 Å². The Morgan fingerprint density at radius 2 is 2.07 bits per heavy atom. The van der Waals surface area contributed by atoms with Gasteiger partial charge in [-0.15, -0.1) is 0 Å². The van der Waals surface area contributed by atoms with E-state index in [-0.39, 0.29) is 36.1 Å².